The van der Waals surface area contributed by atoms with Crippen LogP contribution >= 0.6 is 0 Å². The summed E-state index contributed by atoms with van der Waals surface area (Å²) in [7, 11) is 0. The van der Waals surface area contributed by atoms with Crippen molar-refractivity contribution < 1.29 is 0 Å². The van der Waals surface area contributed by atoms with E-state index in [0.717, 1.165) is 6.04 Å². The van der Waals surface area contributed by atoms with E-state index in [4.69, 9.17) is 0 Å². The lowest BCUT2D eigenvalue weighted by atomic mass is 9.92. The standard InChI is InChI=1S/C13H19N/c1-10(2)12-8-3-4-9-13(12)14-11-6-5-7-11/h3-4,8-11,14H,5-7H2,1-2H3. The van der Waals surface area contributed by atoms with Crippen LogP contribution in [-0.4, -0.2) is 6.04 Å². The van der Waals surface area contributed by atoms with Crippen molar-refractivity contribution in [2.45, 2.75) is 45.1 Å². The van der Waals surface area contributed by atoms with Crippen molar-refractivity contribution in [2.75, 3.05) is 5.32 Å². The summed E-state index contributed by atoms with van der Waals surface area (Å²) in [5, 5.41) is 3.63. The number of hydrogen-bond acceptors (Lipinski definition) is 1. The second-order valence-corrected chi connectivity index (χ2v) is 4.51. The van der Waals surface area contributed by atoms with Gasteiger partial charge in [-0.15, -0.1) is 0 Å². The van der Waals surface area contributed by atoms with Gasteiger partial charge >= 0.3 is 0 Å². The summed E-state index contributed by atoms with van der Waals surface area (Å²) >= 11 is 0. The van der Waals surface area contributed by atoms with E-state index in [1.54, 1.807) is 0 Å². The molecule has 1 aliphatic rings. The Labute approximate surface area is 86.5 Å². The maximum atomic E-state index is 3.63. The molecule has 1 nitrogen and oxygen atoms in total. The minimum Gasteiger partial charge on any atom is -0.382 e. The molecular weight excluding hydrogens is 170 g/mol. The van der Waals surface area contributed by atoms with E-state index < -0.39 is 0 Å². The Balaban J connectivity index is 2.13. The lowest BCUT2D eigenvalue weighted by Gasteiger charge is -2.29. The number of hydrogen-bond donors (Lipinski definition) is 1. The van der Waals surface area contributed by atoms with Gasteiger partial charge in [0.1, 0.15) is 0 Å². The molecule has 0 atom stereocenters. The summed E-state index contributed by atoms with van der Waals surface area (Å²) in [4.78, 5) is 0. The van der Waals surface area contributed by atoms with E-state index in [2.05, 4.69) is 43.4 Å². The Morgan fingerprint density at radius 3 is 2.50 bits per heavy atom. The third kappa shape index (κ3) is 1.92. The zero-order valence-corrected chi connectivity index (χ0v) is 9.09. The monoisotopic (exact) mass is 189 g/mol. The van der Waals surface area contributed by atoms with E-state index in [-0.39, 0.29) is 0 Å². The topological polar surface area (TPSA) is 12.0 Å². The summed E-state index contributed by atoms with van der Waals surface area (Å²) in [6.45, 7) is 4.50. The molecule has 0 amide bonds. The molecule has 0 radical (unpaired) electrons. The van der Waals surface area contributed by atoms with Crippen LogP contribution in [0.1, 0.15) is 44.6 Å². The van der Waals surface area contributed by atoms with Gasteiger partial charge in [-0.1, -0.05) is 32.0 Å². The van der Waals surface area contributed by atoms with Crippen LogP contribution in [-0.2, 0) is 0 Å². The third-order valence-corrected chi connectivity index (χ3v) is 3.05. The highest BCUT2D eigenvalue weighted by atomic mass is 14.9. The number of benzene rings is 1. The quantitative estimate of drug-likeness (QED) is 0.763. The molecule has 1 N–H and O–H groups in total. The van der Waals surface area contributed by atoms with Crippen molar-refractivity contribution >= 4 is 5.69 Å². The average Bonchev–Trinajstić information content (AvgIpc) is 2.12. The molecule has 1 aromatic rings. The number of anilines is 1. The highest BCUT2D eigenvalue weighted by molar-refractivity contribution is 5.53. The Kier molecular flexibility index (Phi) is 2.76. The fraction of sp³-hybridized carbons (Fsp3) is 0.538. The number of para-hydroxylation sites is 1. The first-order valence-electron chi connectivity index (χ1n) is 5.63. The smallest absolute Gasteiger partial charge is 0.0377 e. The molecule has 1 saturated carbocycles. The first-order valence-corrected chi connectivity index (χ1v) is 5.63. The Morgan fingerprint density at radius 1 is 1.21 bits per heavy atom. The van der Waals surface area contributed by atoms with Crippen LogP contribution in [0.2, 0.25) is 0 Å². The minimum atomic E-state index is 0.610. The first-order chi connectivity index (χ1) is 6.77. The molecule has 1 fully saturated rings. The highest BCUT2D eigenvalue weighted by Crippen LogP contribution is 2.28. The zero-order chi connectivity index (χ0) is 9.97. The fourth-order valence-electron chi connectivity index (χ4n) is 1.90. The Morgan fingerprint density at radius 2 is 1.93 bits per heavy atom. The van der Waals surface area contributed by atoms with Crippen molar-refractivity contribution in [3.63, 3.8) is 0 Å². The second kappa shape index (κ2) is 4.04. The summed E-state index contributed by atoms with van der Waals surface area (Å²) in [5.74, 6) is 0.610. The zero-order valence-electron chi connectivity index (χ0n) is 9.09. The summed E-state index contributed by atoms with van der Waals surface area (Å²) in [6.07, 6.45) is 4.07. The third-order valence-electron chi connectivity index (χ3n) is 3.05. The van der Waals surface area contributed by atoms with Crippen LogP contribution in [0.15, 0.2) is 24.3 Å². The maximum absolute atomic E-state index is 3.63. The molecule has 0 spiro atoms. The lowest BCUT2D eigenvalue weighted by Crippen LogP contribution is -2.27. The second-order valence-electron chi connectivity index (χ2n) is 4.51. The SMILES string of the molecule is CC(C)c1ccccc1NC1CCC1. The maximum Gasteiger partial charge on any atom is 0.0377 e. The first kappa shape index (κ1) is 9.57. The lowest BCUT2D eigenvalue weighted by molar-refractivity contribution is 0.445. The minimum absolute atomic E-state index is 0.610. The summed E-state index contributed by atoms with van der Waals surface area (Å²) in [6, 6.07) is 9.41. The number of rotatable bonds is 3. The van der Waals surface area contributed by atoms with Gasteiger partial charge in [0, 0.05) is 11.7 Å². The van der Waals surface area contributed by atoms with Gasteiger partial charge in [-0.25, -0.2) is 0 Å². The van der Waals surface area contributed by atoms with Crippen molar-refractivity contribution in [1.82, 2.24) is 0 Å². The molecule has 0 bridgehead atoms. The molecule has 76 valence electrons. The molecule has 0 heterocycles. The molecule has 1 aliphatic carbocycles. The van der Waals surface area contributed by atoms with Gasteiger partial charge in [-0.05, 0) is 36.8 Å². The van der Waals surface area contributed by atoms with E-state index in [0.29, 0.717) is 5.92 Å². The molecule has 1 heteroatoms. The van der Waals surface area contributed by atoms with Gasteiger partial charge in [0.2, 0.25) is 0 Å². The van der Waals surface area contributed by atoms with Gasteiger partial charge in [0.15, 0.2) is 0 Å². The van der Waals surface area contributed by atoms with Crippen LogP contribution in [0.5, 0.6) is 0 Å². The molecule has 2 rings (SSSR count). The van der Waals surface area contributed by atoms with Crippen molar-refractivity contribution in [1.29, 1.82) is 0 Å². The van der Waals surface area contributed by atoms with Crippen molar-refractivity contribution in [3.05, 3.63) is 29.8 Å². The highest BCUT2D eigenvalue weighted by Gasteiger charge is 2.18. The Bertz CT molecular complexity index is 300. The normalized spacial score (nSPS) is 16.8. The summed E-state index contributed by atoms with van der Waals surface area (Å²) < 4.78 is 0. The molecular formula is C13H19N. The van der Waals surface area contributed by atoms with E-state index in [1.165, 1.54) is 30.5 Å². The van der Waals surface area contributed by atoms with Crippen LogP contribution in [0.3, 0.4) is 0 Å². The van der Waals surface area contributed by atoms with Crippen molar-refractivity contribution in [3.8, 4) is 0 Å². The van der Waals surface area contributed by atoms with Crippen LogP contribution < -0.4 is 5.32 Å². The van der Waals surface area contributed by atoms with Crippen molar-refractivity contribution in [2.24, 2.45) is 0 Å². The van der Waals surface area contributed by atoms with Gasteiger partial charge in [0.25, 0.3) is 0 Å². The fourth-order valence-corrected chi connectivity index (χ4v) is 1.90. The van der Waals surface area contributed by atoms with Gasteiger partial charge < -0.3 is 5.32 Å². The van der Waals surface area contributed by atoms with E-state index in [1.807, 2.05) is 0 Å². The molecule has 0 unspecified atom stereocenters. The van der Waals surface area contributed by atoms with E-state index >= 15 is 0 Å². The molecule has 14 heavy (non-hydrogen) atoms. The molecule has 0 aromatic heterocycles. The van der Waals surface area contributed by atoms with Gasteiger partial charge in [0.05, 0.1) is 0 Å². The molecule has 1 aromatic carbocycles. The Hall–Kier alpha value is -0.980. The van der Waals surface area contributed by atoms with E-state index in [9.17, 15) is 0 Å². The van der Waals surface area contributed by atoms with Crippen LogP contribution in [0, 0.1) is 0 Å². The largest absolute Gasteiger partial charge is 0.382 e. The molecule has 0 saturated heterocycles. The molecule has 0 aliphatic heterocycles. The van der Waals surface area contributed by atoms with Crippen LogP contribution in [0.25, 0.3) is 0 Å². The number of nitrogens with one attached hydrogen (secondary N) is 1. The predicted molar refractivity (Wildman–Crippen MR) is 61.8 cm³/mol. The van der Waals surface area contributed by atoms with Gasteiger partial charge in [-0.3, -0.25) is 0 Å². The predicted octanol–water partition coefficient (Wildman–Crippen LogP) is 3.77. The summed E-state index contributed by atoms with van der Waals surface area (Å²) in [5.41, 5.74) is 2.78. The average molecular weight is 189 g/mol. The van der Waals surface area contributed by atoms with Gasteiger partial charge in [-0.2, -0.15) is 0 Å². The van der Waals surface area contributed by atoms with Crippen LogP contribution in [0.4, 0.5) is 5.69 Å².